The number of aromatic nitrogens is 3. The number of fused-ring (bicyclic) bond motifs is 3. The Hall–Kier alpha value is -3.15. The monoisotopic (exact) mass is 307 g/mol. The number of hydrogen-bond donors (Lipinski definition) is 2. The Morgan fingerprint density at radius 1 is 1.00 bits per heavy atom. The van der Waals surface area contributed by atoms with Crippen molar-refractivity contribution in [2.45, 2.75) is 6.54 Å². The average molecular weight is 307 g/mol. The van der Waals surface area contributed by atoms with E-state index in [0.29, 0.717) is 23.4 Å². The first kappa shape index (κ1) is 13.5. The van der Waals surface area contributed by atoms with Crippen LogP contribution in [-0.4, -0.2) is 14.5 Å². The zero-order chi connectivity index (χ0) is 16.0. The summed E-state index contributed by atoms with van der Waals surface area (Å²) in [5.41, 5.74) is 13.9. The van der Waals surface area contributed by atoms with Crippen molar-refractivity contribution >= 4 is 33.6 Å². The van der Waals surface area contributed by atoms with Gasteiger partial charge >= 0.3 is 0 Å². The van der Waals surface area contributed by atoms with Gasteiger partial charge in [-0.1, -0.05) is 18.2 Å². The van der Waals surface area contributed by atoms with Gasteiger partial charge in [-0.3, -0.25) is 0 Å². The predicted molar refractivity (Wildman–Crippen MR) is 89.4 cm³/mol. The van der Waals surface area contributed by atoms with Crippen LogP contribution in [0.4, 0.5) is 16.2 Å². The molecule has 0 aliphatic heterocycles. The summed E-state index contributed by atoms with van der Waals surface area (Å²) in [7, 11) is 0. The number of anilines is 2. The summed E-state index contributed by atoms with van der Waals surface area (Å²) in [6.07, 6.45) is 1.91. The Morgan fingerprint density at radius 2 is 1.83 bits per heavy atom. The van der Waals surface area contributed by atoms with Gasteiger partial charge in [0.15, 0.2) is 0 Å². The van der Waals surface area contributed by atoms with E-state index < -0.39 is 0 Å². The van der Waals surface area contributed by atoms with E-state index in [0.717, 1.165) is 16.3 Å². The third kappa shape index (κ3) is 2.15. The highest BCUT2D eigenvalue weighted by Crippen LogP contribution is 2.29. The first-order valence-corrected chi connectivity index (χ1v) is 7.17. The van der Waals surface area contributed by atoms with Crippen molar-refractivity contribution in [1.82, 2.24) is 14.5 Å². The number of nitrogen functional groups attached to an aromatic ring is 2. The summed E-state index contributed by atoms with van der Waals surface area (Å²) in [6.45, 7) is 0.442. The Kier molecular flexibility index (Phi) is 2.90. The first-order chi connectivity index (χ1) is 11.1. The van der Waals surface area contributed by atoms with Crippen molar-refractivity contribution in [2.24, 2.45) is 0 Å². The molecule has 2 aromatic carbocycles. The maximum absolute atomic E-state index is 13.9. The van der Waals surface area contributed by atoms with Gasteiger partial charge in [0.2, 0.25) is 5.95 Å². The van der Waals surface area contributed by atoms with E-state index in [1.807, 2.05) is 35.0 Å². The van der Waals surface area contributed by atoms with E-state index in [9.17, 15) is 4.39 Å². The molecule has 114 valence electrons. The summed E-state index contributed by atoms with van der Waals surface area (Å²) in [6, 6.07) is 12.5. The summed E-state index contributed by atoms with van der Waals surface area (Å²) < 4.78 is 15.9. The SMILES string of the molecule is Nc1nc(N)c2c(ccc3c2ccn3Cc2ccccc2F)n1. The Bertz CT molecular complexity index is 1040. The number of rotatable bonds is 2. The molecule has 0 atom stereocenters. The van der Waals surface area contributed by atoms with Gasteiger partial charge in [0, 0.05) is 22.7 Å². The third-order valence-corrected chi connectivity index (χ3v) is 3.96. The van der Waals surface area contributed by atoms with Crippen LogP contribution in [0, 0.1) is 5.82 Å². The molecule has 0 aliphatic rings. The maximum atomic E-state index is 13.9. The van der Waals surface area contributed by atoms with Gasteiger partial charge in [-0.15, -0.1) is 0 Å². The van der Waals surface area contributed by atoms with Gasteiger partial charge in [0.25, 0.3) is 0 Å². The molecule has 6 heteroatoms. The normalized spacial score (nSPS) is 11.3. The van der Waals surface area contributed by atoms with Crippen LogP contribution in [-0.2, 0) is 6.54 Å². The second-order valence-electron chi connectivity index (χ2n) is 5.39. The minimum Gasteiger partial charge on any atom is -0.383 e. The second-order valence-corrected chi connectivity index (χ2v) is 5.39. The van der Waals surface area contributed by atoms with Crippen LogP contribution in [0.2, 0.25) is 0 Å². The van der Waals surface area contributed by atoms with Crippen molar-refractivity contribution in [3.63, 3.8) is 0 Å². The Labute approximate surface area is 131 Å². The van der Waals surface area contributed by atoms with Gasteiger partial charge in [-0.2, -0.15) is 4.98 Å². The lowest BCUT2D eigenvalue weighted by Crippen LogP contribution is -2.02. The van der Waals surface area contributed by atoms with E-state index in [1.54, 1.807) is 12.1 Å². The van der Waals surface area contributed by atoms with E-state index in [-0.39, 0.29) is 11.8 Å². The average Bonchev–Trinajstić information content (AvgIpc) is 2.92. The zero-order valence-electron chi connectivity index (χ0n) is 12.2. The molecule has 2 aromatic heterocycles. The highest BCUT2D eigenvalue weighted by molar-refractivity contribution is 6.10. The minimum atomic E-state index is -0.217. The molecular formula is C17H14FN5. The number of nitrogens with zero attached hydrogens (tertiary/aromatic N) is 3. The van der Waals surface area contributed by atoms with E-state index in [2.05, 4.69) is 9.97 Å². The molecule has 5 nitrogen and oxygen atoms in total. The number of hydrogen-bond acceptors (Lipinski definition) is 4. The van der Waals surface area contributed by atoms with E-state index in [4.69, 9.17) is 11.5 Å². The fourth-order valence-electron chi connectivity index (χ4n) is 2.90. The fourth-order valence-corrected chi connectivity index (χ4v) is 2.90. The zero-order valence-corrected chi connectivity index (χ0v) is 12.2. The third-order valence-electron chi connectivity index (χ3n) is 3.96. The highest BCUT2D eigenvalue weighted by atomic mass is 19.1. The van der Waals surface area contributed by atoms with Crippen molar-refractivity contribution in [1.29, 1.82) is 0 Å². The van der Waals surface area contributed by atoms with Gasteiger partial charge in [-0.25, -0.2) is 9.37 Å². The van der Waals surface area contributed by atoms with Crippen LogP contribution >= 0.6 is 0 Å². The fraction of sp³-hybridized carbons (Fsp3) is 0.0588. The molecule has 23 heavy (non-hydrogen) atoms. The quantitative estimate of drug-likeness (QED) is 0.596. The largest absolute Gasteiger partial charge is 0.383 e. The molecule has 0 unspecified atom stereocenters. The van der Waals surface area contributed by atoms with E-state index >= 15 is 0 Å². The van der Waals surface area contributed by atoms with Crippen LogP contribution in [0.25, 0.3) is 21.8 Å². The lowest BCUT2D eigenvalue weighted by Gasteiger charge is -2.08. The van der Waals surface area contributed by atoms with E-state index in [1.165, 1.54) is 6.07 Å². The topological polar surface area (TPSA) is 82.7 Å². The smallest absolute Gasteiger partial charge is 0.222 e. The predicted octanol–water partition coefficient (Wildman–Crippen LogP) is 2.94. The van der Waals surface area contributed by atoms with Crippen molar-refractivity contribution in [2.75, 3.05) is 11.5 Å². The highest BCUT2D eigenvalue weighted by Gasteiger charge is 2.11. The van der Waals surface area contributed by atoms with Gasteiger partial charge in [0.1, 0.15) is 11.6 Å². The lowest BCUT2D eigenvalue weighted by atomic mass is 10.1. The molecule has 0 spiro atoms. The number of nitrogens with two attached hydrogens (primary N) is 2. The Morgan fingerprint density at radius 3 is 2.65 bits per heavy atom. The molecule has 0 aliphatic carbocycles. The molecule has 4 rings (SSSR count). The van der Waals surface area contributed by atoms with Crippen molar-refractivity contribution < 1.29 is 4.39 Å². The molecule has 4 N–H and O–H groups in total. The van der Waals surface area contributed by atoms with Crippen LogP contribution in [0.3, 0.4) is 0 Å². The Balaban J connectivity index is 1.90. The van der Waals surface area contributed by atoms with Crippen molar-refractivity contribution in [3.8, 4) is 0 Å². The van der Waals surface area contributed by atoms with Crippen LogP contribution in [0.5, 0.6) is 0 Å². The summed E-state index contributed by atoms with van der Waals surface area (Å²) >= 11 is 0. The van der Waals surface area contributed by atoms with Gasteiger partial charge < -0.3 is 16.0 Å². The first-order valence-electron chi connectivity index (χ1n) is 7.17. The van der Waals surface area contributed by atoms with Gasteiger partial charge in [0.05, 0.1) is 17.4 Å². The number of halogens is 1. The molecule has 2 heterocycles. The van der Waals surface area contributed by atoms with Crippen LogP contribution in [0.1, 0.15) is 5.56 Å². The van der Waals surface area contributed by atoms with Crippen LogP contribution in [0.15, 0.2) is 48.7 Å². The maximum Gasteiger partial charge on any atom is 0.222 e. The number of benzene rings is 2. The standard InChI is InChI=1S/C17H14FN5/c18-12-4-2-1-3-10(12)9-23-8-7-11-14(23)6-5-13-15(11)16(19)22-17(20)21-13/h1-8H,9H2,(H4,19,20,21,22). The molecule has 0 saturated carbocycles. The molecule has 0 fully saturated rings. The molecule has 4 aromatic rings. The lowest BCUT2D eigenvalue weighted by molar-refractivity contribution is 0.602. The molecule has 0 amide bonds. The molecule has 0 radical (unpaired) electrons. The summed E-state index contributed by atoms with van der Waals surface area (Å²) in [5.74, 6) is 0.285. The summed E-state index contributed by atoms with van der Waals surface area (Å²) in [5, 5.41) is 1.69. The van der Waals surface area contributed by atoms with Crippen LogP contribution < -0.4 is 11.5 Å². The molecular weight excluding hydrogens is 293 g/mol. The second kappa shape index (κ2) is 4.95. The molecule has 0 bridgehead atoms. The van der Waals surface area contributed by atoms with Gasteiger partial charge in [-0.05, 0) is 24.3 Å². The summed E-state index contributed by atoms with van der Waals surface area (Å²) in [4.78, 5) is 8.25. The minimum absolute atomic E-state index is 0.153. The van der Waals surface area contributed by atoms with Crippen molar-refractivity contribution in [3.05, 3.63) is 60.0 Å². The molecule has 0 saturated heterocycles.